The predicted molar refractivity (Wildman–Crippen MR) is 207 cm³/mol. The number of aliphatic hydroxyl groups is 2. The van der Waals surface area contributed by atoms with E-state index in [1.54, 1.807) is 18.2 Å². The van der Waals surface area contributed by atoms with Crippen molar-refractivity contribution in [2.45, 2.75) is 57.3 Å². The third-order valence-electron chi connectivity index (χ3n) is 7.76. The first-order valence-corrected chi connectivity index (χ1v) is 22.7. The van der Waals surface area contributed by atoms with E-state index in [1.807, 2.05) is 0 Å². The predicted octanol–water partition coefficient (Wildman–Crippen LogP) is -0.192. The molecule has 1 saturated heterocycles. The summed E-state index contributed by atoms with van der Waals surface area (Å²) in [5.74, 6) is -2.37. The van der Waals surface area contributed by atoms with Crippen LogP contribution < -0.4 is 16.4 Å². The van der Waals surface area contributed by atoms with Crippen LogP contribution in [0.25, 0.3) is 11.2 Å². The number of amides is 2. The molecule has 0 saturated carbocycles. The van der Waals surface area contributed by atoms with E-state index in [9.17, 15) is 62.7 Å². The van der Waals surface area contributed by atoms with Crippen LogP contribution in [-0.4, -0.2) is 134 Å². The molecule has 2 amide bonds. The number of carboxylic acids is 1. The molecule has 26 nitrogen and oxygen atoms in total. The lowest BCUT2D eigenvalue weighted by Crippen LogP contribution is -2.46. The topological polar surface area (TPSA) is 401 Å². The Morgan fingerprint density at radius 1 is 1.02 bits per heavy atom. The lowest BCUT2D eigenvalue weighted by molar-refractivity contribution is -0.137. The summed E-state index contributed by atoms with van der Waals surface area (Å²) in [6.45, 7) is 0.305. The maximum Gasteiger partial charge on any atom is 0.481 e. The number of nitrogens with two attached hydrogens (primary N) is 1. The second-order valence-corrected chi connectivity index (χ2v) is 18.4. The van der Waals surface area contributed by atoms with Crippen LogP contribution in [0.4, 0.5) is 5.82 Å². The standard InChI is InChI=1S/C30H44N7O19P3S/c1-30(2,25(43)28(44)33-11-10-19(38)32-12-13-60-21(41)9-7-5-3-4-6-8-20(39)40)15-53-59(50,51)56-58(48,49)52-14-18-24(55-57(45,46)47)23(42)29(54-18)37-17-36-22-26(31)34-16-35-27(22)37/h3-8,16-18,23-25,29,42-43H,9-15H2,1-2H3,(H,32,38)(H,33,44)(H,39,40)(H,48,49)(H,50,51)(H2,31,34,35)(H2,45,46,47)/b4-3+,7-5+,8-6+. The summed E-state index contributed by atoms with van der Waals surface area (Å²) in [4.78, 5) is 97.9. The maximum absolute atomic E-state index is 12.7. The van der Waals surface area contributed by atoms with E-state index in [0.717, 1.165) is 35.1 Å². The van der Waals surface area contributed by atoms with E-state index < -0.39 is 90.5 Å². The van der Waals surface area contributed by atoms with E-state index in [1.165, 1.54) is 26.0 Å². The number of nitrogens with zero attached hydrogens (tertiary/aromatic N) is 4. The number of anilines is 1. The molecular weight excluding hydrogens is 887 g/mol. The number of nitrogen functional groups attached to an aromatic ring is 1. The molecule has 1 aliphatic heterocycles. The minimum atomic E-state index is -5.59. The number of ether oxygens (including phenoxy) is 1. The molecular formula is C30H44N7O19P3S. The summed E-state index contributed by atoms with van der Waals surface area (Å²) >= 11 is 0.975. The Balaban J connectivity index is 1.43. The smallest absolute Gasteiger partial charge is 0.478 e. The Morgan fingerprint density at radius 2 is 1.70 bits per heavy atom. The monoisotopic (exact) mass is 931 g/mol. The summed E-state index contributed by atoms with van der Waals surface area (Å²) in [6.07, 6.45) is 1.50. The lowest BCUT2D eigenvalue weighted by Gasteiger charge is -2.30. The van der Waals surface area contributed by atoms with E-state index in [2.05, 4.69) is 34.4 Å². The van der Waals surface area contributed by atoms with Crippen LogP contribution in [0.15, 0.2) is 49.1 Å². The van der Waals surface area contributed by atoms with Gasteiger partial charge in [0.25, 0.3) is 0 Å². The van der Waals surface area contributed by atoms with Gasteiger partial charge in [-0.3, -0.25) is 32.5 Å². The van der Waals surface area contributed by atoms with Crippen molar-refractivity contribution in [1.29, 1.82) is 0 Å². The minimum Gasteiger partial charge on any atom is -0.478 e. The van der Waals surface area contributed by atoms with Gasteiger partial charge >= 0.3 is 29.4 Å². The quantitative estimate of drug-likeness (QED) is 0.0282. The highest BCUT2D eigenvalue weighted by atomic mass is 32.2. The molecule has 0 spiro atoms. The third-order valence-corrected chi connectivity index (χ3v) is 11.8. The molecule has 1 aliphatic rings. The first kappa shape index (κ1) is 50.6. The minimum absolute atomic E-state index is 0.0204. The van der Waals surface area contributed by atoms with Gasteiger partial charge in [0.15, 0.2) is 22.8 Å². The SMILES string of the molecule is CC(C)(COP(=O)(O)OP(=O)(O)OCC1OC(n2cnc3c(N)ncnc32)C(O)C1OP(=O)(O)O)C(O)C(=O)NCCC(=O)NCCSC(=O)C/C=C/C=C/C=C/C(=O)O. The molecule has 60 heavy (non-hydrogen) atoms. The molecule has 0 radical (unpaired) electrons. The number of aromatic nitrogens is 4. The summed E-state index contributed by atoms with van der Waals surface area (Å²) in [6, 6.07) is 0. The number of carbonyl (C=O) groups excluding carboxylic acids is 3. The van der Waals surface area contributed by atoms with E-state index in [0.29, 0.717) is 0 Å². The van der Waals surface area contributed by atoms with Gasteiger partial charge in [-0.2, -0.15) is 4.31 Å². The first-order chi connectivity index (χ1) is 27.9. The average Bonchev–Trinajstić information content (AvgIpc) is 3.70. The number of hydrogen-bond acceptors (Lipinski definition) is 19. The second-order valence-electron chi connectivity index (χ2n) is 13.0. The fraction of sp³-hybridized carbons (Fsp3) is 0.500. The number of thioether (sulfide) groups is 1. The largest absolute Gasteiger partial charge is 0.481 e. The Bertz CT molecular complexity index is 2080. The number of rotatable bonds is 24. The van der Waals surface area contributed by atoms with Gasteiger partial charge in [-0.25, -0.2) is 33.4 Å². The Kier molecular flexibility index (Phi) is 18.9. The van der Waals surface area contributed by atoms with E-state index in [-0.39, 0.29) is 53.8 Å². The molecule has 7 atom stereocenters. The first-order valence-electron chi connectivity index (χ1n) is 17.2. The van der Waals surface area contributed by atoms with Gasteiger partial charge < -0.3 is 56.0 Å². The highest BCUT2D eigenvalue weighted by molar-refractivity contribution is 8.13. The number of aliphatic carboxylic acids is 1. The highest BCUT2D eigenvalue weighted by Crippen LogP contribution is 2.61. The fourth-order valence-corrected chi connectivity index (χ4v) is 8.34. The molecule has 0 aliphatic carbocycles. The zero-order valence-corrected chi connectivity index (χ0v) is 35.1. The average molecular weight is 932 g/mol. The number of aliphatic hydroxyl groups excluding tert-OH is 2. The molecule has 0 aromatic carbocycles. The van der Waals surface area contributed by atoms with Crippen LogP contribution in [0.2, 0.25) is 0 Å². The summed E-state index contributed by atoms with van der Waals surface area (Å²) in [7, 11) is -16.4. The van der Waals surface area contributed by atoms with Gasteiger partial charge in [-0.1, -0.05) is 56.0 Å². The lowest BCUT2D eigenvalue weighted by atomic mass is 9.87. The molecule has 2 aromatic rings. The van der Waals surface area contributed by atoms with Crippen molar-refractivity contribution in [1.82, 2.24) is 30.2 Å². The summed E-state index contributed by atoms with van der Waals surface area (Å²) in [5.41, 5.74) is 4.21. The highest BCUT2D eigenvalue weighted by Gasteiger charge is 2.50. The zero-order valence-electron chi connectivity index (χ0n) is 31.6. The van der Waals surface area contributed by atoms with Crippen molar-refractivity contribution >= 4 is 75.1 Å². The van der Waals surface area contributed by atoms with E-state index in [4.69, 9.17) is 24.6 Å². The van der Waals surface area contributed by atoms with Crippen molar-refractivity contribution in [2.75, 3.05) is 37.8 Å². The van der Waals surface area contributed by atoms with Gasteiger partial charge in [0.2, 0.25) is 11.8 Å². The molecule has 0 bridgehead atoms. The normalized spacial score (nSPS) is 21.3. The second kappa shape index (κ2) is 22.4. The molecule has 7 unspecified atom stereocenters. The van der Waals surface area contributed by atoms with E-state index >= 15 is 0 Å². The van der Waals surface area contributed by atoms with Gasteiger partial charge in [0, 0.05) is 43.2 Å². The molecule has 2 aromatic heterocycles. The Labute approximate surface area is 344 Å². The Morgan fingerprint density at radius 3 is 2.38 bits per heavy atom. The zero-order chi connectivity index (χ0) is 44.9. The summed E-state index contributed by atoms with van der Waals surface area (Å²) in [5, 5.41) is 34.6. The number of nitrogens with one attached hydrogen (secondary N) is 2. The van der Waals surface area contributed by atoms with Gasteiger partial charge in [0.1, 0.15) is 36.3 Å². The number of carbonyl (C=O) groups is 4. The van der Waals surface area contributed by atoms with Crippen molar-refractivity contribution in [2.24, 2.45) is 5.41 Å². The molecule has 3 rings (SSSR count). The third kappa shape index (κ3) is 16.6. The van der Waals surface area contributed by atoms with Crippen LogP contribution in [0.1, 0.15) is 32.9 Å². The van der Waals surface area contributed by atoms with Gasteiger partial charge in [0.05, 0.1) is 19.5 Å². The number of allylic oxidation sites excluding steroid dienone is 5. The molecule has 334 valence electrons. The number of imidazole rings is 1. The van der Waals surface area contributed by atoms with Gasteiger partial charge in [-0.15, -0.1) is 0 Å². The molecule has 30 heteroatoms. The Hall–Kier alpha value is -3.75. The number of phosphoric ester groups is 3. The van der Waals surface area contributed by atoms with Crippen molar-refractivity contribution < 1.29 is 90.4 Å². The van der Waals surface area contributed by atoms with Crippen molar-refractivity contribution in [3.63, 3.8) is 0 Å². The number of carboxylic acid groups (broad SMARTS) is 1. The maximum atomic E-state index is 12.7. The number of phosphoric acid groups is 3. The summed E-state index contributed by atoms with van der Waals surface area (Å²) < 4.78 is 62.1. The van der Waals surface area contributed by atoms with Crippen LogP contribution in [0, 0.1) is 5.41 Å². The molecule has 1 fully saturated rings. The number of hydrogen-bond donors (Lipinski definition) is 10. The van der Waals surface area contributed by atoms with Crippen LogP contribution in [-0.2, 0) is 55.5 Å². The van der Waals surface area contributed by atoms with Crippen LogP contribution >= 0.6 is 35.2 Å². The van der Waals surface area contributed by atoms with Gasteiger partial charge in [-0.05, 0) is 0 Å². The van der Waals surface area contributed by atoms with Crippen molar-refractivity contribution in [3.8, 4) is 0 Å². The molecule has 11 N–H and O–H groups in total. The van der Waals surface area contributed by atoms with Crippen LogP contribution in [0.5, 0.6) is 0 Å². The number of fused-ring (bicyclic) bond motifs is 1. The van der Waals surface area contributed by atoms with Crippen molar-refractivity contribution in [3.05, 3.63) is 49.1 Å². The fourth-order valence-electron chi connectivity index (χ4n) is 4.86. The van der Waals surface area contributed by atoms with Crippen LogP contribution in [0.3, 0.4) is 0 Å². The molecule has 3 heterocycles.